The molecule has 179 valence electrons. The predicted octanol–water partition coefficient (Wildman–Crippen LogP) is 8.55. The monoisotopic (exact) mass is 651 g/mol. The van der Waals surface area contributed by atoms with Crippen molar-refractivity contribution in [3.8, 4) is 22.5 Å². The van der Waals surface area contributed by atoms with Gasteiger partial charge in [0.25, 0.3) is 0 Å². The van der Waals surface area contributed by atoms with Gasteiger partial charge in [-0.3, -0.25) is 0 Å². The Kier molecular flexibility index (Phi) is 7.46. The molecule has 0 saturated heterocycles. The van der Waals surface area contributed by atoms with Gasteiger partial charge < -0.3 is 9.97 Å². The molecule has 7 aromatic rings. The smallest absolute Gasteiger partial charge is 0.0167 e. The number of aromatic nitrogens is 2. The molecule has 5 aromatic carbocycles. The summed E-state index contributed by atoms with van der Waals surface area (Å²) in [4.78, 5) is 8.83. The van der Waals surface area contributed by atoms with Crippen LogP contribution in [-0.4, -0.2) is 9.97 Å². The SMILES string of the molecule is [Ir].[c-]1ccccc1-c1ccccn1.[c-]1ccccc1-c1nccc2c1ccc1c3ccccc3ccc21. The third-order valence-corrected chi connectivity index (χ3v) is 6.28. The van der Waals surface area contributed by atoms with Crippen molar-refractivity contribution in [2.24, 2.45) is 0 Å². The van der Waals surface area contributed by atoms with Crippen LogP contribution in [0, 0.1) is 12.1 Å². The second-order valence-electron chi connectivity index (χ2n) is 8.47. The van der Waals surface area contributed by atoms with Gasteiger partial charge in [-0.05, 0) is 55.8 Å². The molecule has 0 unspecified atom stereocenters. The molecule has 0 saturated carbocycles. The fourth-order valence-corrected chi connectivity index (χ4v) is 4.58. The Morgan fingerprint density at radius 1 is 0.432 bits per heavy atom. The number of rotatable bonds is 2. The minimum Gasteiger partial charge on any atom is -0.305 e. The van der Waals surface area contributed by atoms with E-state index in [1.807, 2.05) is 66.9 Å². The summed E-state index contributed by atoms with van der Waals surface area (Å²) in [7, 11) is 0. The zero-order valence-corrected chi connectivity index (χ0v) is 22.3. The van der Waals surface area contributed by atoms with Crippen LogP contribution in [0.5, 0.6) is 0 Å². The maximum Gasteiger partial charge on any atom is 0.0167 e. The zero-order valence-electron chi connectivity index (χ0n) is 19.9. The normalized spacial score (nSPS) is 10.5. The number of pyridine rings is 2. The Balaban J connectivity index is 0.000000183. The van der Waals surface area contributed by atoms with E-state index in [2.05, 4.69) is 82.8 Å². The van der Waals surface area contributed by atoms with Crippen molar-refractivity contribution >= 4 is 32.3 Å². The second kappa shape index (κ2) is 11.3. The molecule has 0 aliphatic heterocycles. The molecule has 0 N–H and O–H groups in total. The number of fused-ring (bicyclic) bond motifs is 5. The largest absolute Gasteiger partial charge is 0.305 e. The molecule has 2 nitrogen and oxygen atoms in total. The first-order chi connectivity index (χ1) is 17.9. The molecular formula is C34H22IrN2-2. The van der Waals surface area contributed by atoms with Crippen LogP contribution in [-0.2, 0) is 20.1 Å². The van der Waals surface area contributed by atoms with Gasteiger partial charge in [0.15, 0.2) is 0 Å². The van der Waals surface area contributed by atoms with Gasteiger partial charge in [-0.2, -0.15) is 0 Å². The summed E-state index contributed by atoms with van der Waals surface area (Å²) in [6.07, 6.45) is 3.68. The van der Waals surface area contributed by atoms with Gasteiger partial charge in [0.1, 0.15) is 0 Å². The van der Waals surface area contributed by atoms with Gasteiger partial charge >= 0.3 is 0 Å². The van der Waals surface area contributed by atoms with Crippen LogP contribution in [0.3, 0.4) is 0 Å². The Morgan fingerprint density at radius 3 is 1.84 bits per heavy atom. The molecule has 0 aliphatic rings. The van der Waals surface area contributed by atoms with Gasteiger partial charge in [0, 0.05) is 32.5 Å². The van der Waals surface area contributed by atoms with E-state index in [-0.39, 0.29) is 20.1 Å². The van der Waals surface area contributed by atoms with Crippen LogP contribution in [0.2, 0.25) is 0 Å². The molecule has 0 spiro atoms. The molecule has 0 bridgehead atoms. The first kappa shape index (κ1) is 24.5. The average Bonchev–Trinajstić information content (AvgIpc) is 2.98. The molecule has 0 atom stereocenters. The Bertz CT molecular complexity index is 1730. The van der Waals surface area contributed by atoms with Crippen LogP contribution in [0.15, 0.2) is 134 Å². The van der Waals surface area contributed by atoms with E-state index >= 15 is 0 Å². The van der Waals surface area contributed by atoms with Crippen molar-refractivity contribution in [3.05, 3.63) is 146 Å². The van der Waals surface area contributed by atoms with Crippen LogP contribution in [0.25, 0.3) is 54.8 Å². The summed E-state index contributed by atoms with van der Waals surface area (Å²) in [5.41, 5.74) is 4.03. The fourth-order valence-electron chi connectivity index (χ4n) is 4.58. The third-order valence-electron chi connectivity index (χ3n) is 6.28. The summed E-state index contributed by atoms with van der Waals surface area (Å²) < 4.78 is 0. The third kappa shape index (κ3) is 5.06. The van der Waals surface area contributed by atoms with E-state index in [1.165, 1.54) is 32.3 Å². The Hall–Kier alpha value is -4.17. The Morgan fingerprint density at radius 2 is 1.08 bits per heavy atom. The van der Waals surface area contributed by atoms with Crippen molar-refractivity contribution in [2.45, 2.75) is 0 Å². The molecule has 2 aromatic heterocycles. The number of hydrogen-bond donors (Lipinski definition) is 0. The molecule has 0 aliphatic carbocycles. The number of hydrogen-bond acceptors (Lipinski definition) is 2. The summed E-state index contributed by atoms with van der Waals surface area (Å²) in [5, 5.41) is 7.53. The van der Waals surface area contributed by atoms with E-state index in [4.69, 9.17) is 0 Å². The van der Waals surface area contributed by atoms with Crippen LogP contribution in [0.1, 0.15) is 0 Å². The number of benzene rings is 5. The first-order valence-electron chi connectivity index (χ1n) is 11.9. The Labute approximate surface area is 230 Å². The van der Waals surface area contributed by atoms with Crippen LogP contribution < -0.4 is 0 Å². The van der Waals surface area contributed by atoms with Crippen molar-refractivity contribution in [2.75, 3.05) is 0 Å². The van der Waals surface area contributed by atoms with E-state index in [0.717, 1.165) is 22.5 Å². The molecule has 1 radical (unpaired) electrons. The maximum absolute atomic E-state index is 4.62. The van der Waals surface area contributed by atoms with E-state index in [0.29, 0.717) is 0 Å². The van der Waals surface area contributed by atoms with Gasteiger partial charge in [0.05, 0.1) is 0 Å². The quantitative estimate of drug-likeness (QED) is 0.138. The summed E-state index contributed by atoms with van der Waals surface area (Å²) in [5.74, 6) is 0. The van der Waals surface area contributed by atoms with Gasteiger partial charge in [0.2, 0.25) is 0 Å². The maximum atomic E-state index is 4.62. The van der Waals surface area contributed by atoms with Gasteiger partial charge in [-0.1, -0.05) is 60.7 Å². The summed E-state index contributed by atoms with van der Waals surface area (Å²) >= 11 is 0. The summed E-state index contributed by atoms with van der Waals surface area (Å²) in [6.45, 7) is 0. The predicted molar refractivity (Wildman–Crippen MR) is 150 cm³/mol. The molecule has 37 heavy (non-hydrogen) atoms. The van der Waals surface area contributed by atoms with Crippen LogP contribution in [0.4, 0.5) is 0 Å². The van der Waals surface area contributed by atoms with E-state index < -0.39 is 0 Å². The van der Waals surface area contributed by atoms with E-state index in [9.17, 15) is 0 Å². The average molecular weight is 651 g/mol. The first-order valence-corrected chi connectivity index (χ1v) is 11.9. The summed E-state index contributed by atoms with van der Waals surface area (Å²) in [6, 6.07) is 47.6. The molecule has 0 fully saturated rings. The molecule has 2 heterocycles. The van der Waals surface area contributed by atoms with Crippen molar-refractivity contribution < 1.29 is 20.1 Å². The minimum absolute atomic E-state index is 0. The van der Waals surface area contributed by atoms with Gasteiger partial charge in [-0.25, -0.2) is 0 Å². The fraction of sp³-hybridized carbons (Fsp3) is 0. The molecule has 3 heteroatoms. The van der Waals surface area contributed by atoms with Crippen molar-refractivity contribution in [3.63, 3.8) is 0 Å². The zero-order chi connectivity index (χ0) is 24.2. The van der Waals surface area contributed by atoms with E-state index in [1.54, 1.807) is 6.20 Å². The van der Waals surface area contributed by atoms with Crippen LogP contribution >= 0.6 is 0 Å². The molecule has 7 rings (SSSR count). The standard InChI is InChI=1S/C23H14N.C11H8N.Ir/c1-2-7-17(8-3-1)23-22-13-12-19-18-9-5-4-6-16(18)10-11-20(19)21(22)14-15-24-23;1-2-6-10(7-3-1)11-8-4-5-9-12-11;/h1-7,9-15H;1-6,8-9H;/q2*-1;. The second-order valence-corrected chi connectivity index (χ2v) is 8.47. The topological polar surface area (TPSA) is 25.8 Å². The molecule has 0 amide bonds. The minimum atomic E-state index is 0. The molecular weight excluding hydrogens is 629 g/mol. The van der Waals surface area contributed by atoms with Gasteiger partial charge in [-0.15, -0.1) is 71.8 Å². The van der Waals surface area contributed by atoms with Crippen molar-refractivity contribution in [1.29, 1.82) is 0 Å². The van der Waals surface area contributed by atoms with Crippen molar-refractivity contribution in [1.82, 2.24) is 9.97 Å². The number of nitrogens with zero attached hydrogens (tertiary/aromatic N) is 2.